The second-order valence-corrected chi connectivity index (χ2v) is 7.04. The van der Waals surface area contributed by atoms with Crippen molar-refractivity contribution in [3.8, 4) is 5.88 Å². The molecule has 1 saturated carbocycles. The van der Waals surface area contributed by atoms with E-state index in [1.807, 2.05) is 19.9 Å². The average Bonchev–Trinajstić information content (AvgIpc) is 2.84. The molecule has 4 nitrogen and oxygen atoms in total. The van der Waals surface area contributed by atoms with E-state index < -0.39 is 0 Å². The Morgan fingerprint density at radius 1 is 1.24 bits per heavy atom. The van der Waals surface area contributed by atoms with Gasteiger partial charge < -0.3 is 10.1 Å². The minimum absolute atomic E-state index is 0.134. The SMILES string of the molecule is CC(C)CC1(CNc2nccc(OC(C)C)n2)CCCC1. The minimum atomic E-state index is 0.134. The van der Waals surface area contributed by atoms with Crippen LogP contribution in [0.15, 0.2) is 12.3 Å². The van der Waals surface area contributed by atoms with E-state index in [9.17, 15) is 0 Å². The van der Waals surface area contributed by atoms with Crippen molar-refractivity contribution in [3.05, 3.63) is 12.3 Å². The Kier molecular flexibility index (Phi) is 5.43. The maximum atomic E-state index is 5.63. The van der Waals surface area contributed by atoms with Crippen molar-refractivity contribution in [2.75, 3.05) is 11.9 Å². The molecule has 1 heterocycles. The summed E-state index contributed by atoms with van der Waals surface area (Å²) >= 11 is 0. The van der Waals surface area contributed by atoms with Crippen molar-refractivity contribution in [2.45, 2.75) is 65.9 Å². The zero-order chi connectivity index (χ0) is 15.3. The first-order valence-corrected chi connectivity index (χ1v) is 8.23. The van der Waals surface area contributed by atoms with Crippen LogP contribution in [0, 0.1) is 11.3 Å². The van der Waals surface area contributed by atoms with Gasteiger partial charge in [0, 0.05) is 18.8 Å². The third kappa shape index (κ3) is 4.87. The fourth-order valence-electron chi connectivity index (χ4n) is 3.45. The molecule has 0 aromatic carbocycles. The lowest BCUT2D eigenvalue weighted by Gasteiger charge is -2.31. The number of nitrogens with one attached hydrogen (secondary N) is 1. The molecule has 21 heavy (non-hydrogen) atoms. The van der Waals surface area contributed by atoms with Gasteiger partial charge in [0.1, 0.15) is 0 Å². The Labute approximate surface area is 128 Å². The predicted molar refractivity (Wildman–Crippen MR) is 86.6 cm³/mol. The molecule has 0 bridgehead atoms. The molecule has 1 N–H and O–H groups in total. The summed E-state index contributed by atoms with van der Waals surface area (Å²) in [6.07, 6.45) is 8.52. The Hall–Kier alpha value is -1.32. The molecule has 0 atom stereocenters. The highest BCUT2D eigenvalue weighted by Gasteiger charge is 2.34. The van der Waals surface area contributed by atoms with Crippen molar-refractivity contribution >= 4 is 5.95 Å². The largest absolute Gasteiger partial charge is 0.475 e. The number of aromatic nitrogens is 2. The molecule has 0 amide bonds. The van der Waals surface area contributed by atoms with Crippen LogP contribution in [0.3, 0.4) is 0 Å². The smallest absolute Gasteiger partial charge is 0.225 e. The molecule has 1 fully saturated rings. The molecule has 118 valence electrons. The van der Waals surface area contributed by atoms with Crippen LogP contribution in [-0.4, -0.2) is 22.6 Å². The lowest BCUT2D eigenvalue weighted by Crippen LogP contribution is -2.29. The van der Waals surface area contributed by atoms with Crippen LogP contribution in [-0.2, 0) is 0 Å². The van der Waals surface area contributed by atoms with Crippen molar-refractivity contribution in [1.29, 1.82) is 0 Å². The van der Waals surface area contributed by atoms with Crippen LogP contribution < -0.4 is 10.1 Å². The summed E-state index contributed by atoms with van der Waals surface area (Å²) in [5.41, 5.74) is 0.423. The maximum Gasteiger partial charge on any atom is 0.225 e. The molecule has 1 aliphatic carbocycles. The molecule has 1 aliphatic rings. The van der Waals surface area contributed by atoms with E-state index in [-0.39, 0.29) is 6.10 Å². The molecular weight excluding hydrogens is 262 g/mol. The summed E-state index contributed by atoms with van der Waals surface area (Å²) in [5.74, 6) is 2.07. The van der Waals surface area contributed by atoms with E-state index in [2.05, 4.69) is 29.1 Å². The monoisotopic (exact) mass is 291 g/mol. The molecule has 0 spiro atoms. The lowest BCUT2D eigenvalue weighted by atomic mass is 9.78. The topological polar surface area (TPSA) is 47.0 Å². The molecular formula is C17H29N3O. The Morgan fingerprint density at radius 3 is 2.57 bits per heavy atom. The maximum absolute atomic E-state index is 5.63. The highest BCUT2D eigenvalue weighted by atomic mass is 16.5. The Morgan fingerprint density at radius 2 is 1.95 bits per heavy atom. The minimum Gasteiger partial charge on any atom is -0.475 e. The standard InChI is InChI=1S/C17H29N3O/c1-13(2)11-17(8-5-6-9-17)12-19-16-18-10-7-15(20-16)21-14(3)4/h7,10,13-14H,5-6,8-9,11-12H2,1-4H3,(H,18,19,20). The molecule has 0 aliphatic heterocycles. The van der Waals surface area contributed by atoms with Crippen LogP contribution in [0.25, 0.3) is 0 Å². The molecule has 1 aromatic rings. The first-order chi connectivity index (χ1) is 9.99. The summed E-state index contributed by atoms with van der Waals surface area (Å²) in [6.45, 7) is 9.61. The first kappa shape index (κ1) is 16.1. The third-order valence-electron chi connectivity index (χ3n) is 4.11. The van der Waals surface area contributed by atoms with Gasteiger partial charge in [-0.05, 0) is 44.4 Å². The normalized spacial score (nSPS) is 17.4. The number of ether oxygens (including phenoxy) is 1. The summed E-state index contributed by atoms with van der Waals surface area (Å²) in [7, 11) is 0. The average molecular weight is 291 g/mol. The van der Waals surface area contributed by atoms with Gasteiger partial charge >= 0.3 is 0 Å². The zero-order valence-corrected chi connectivity index (χ0v) is 13.9. The van der Waals surface area contributed by atoms with E-state index in [0.29, 0.717) is 17.2 Å². The molecule has 2 rings (SSSR count). The van der Waals surface area contributed by atoms with Crippen molar-refractivity contribution in [3.63, 3.8) is 0 Å². The van der Waals surface area contributed by atoms with E-state index in [1.165, 1.54) is 32.1 Å². The van der Waals surface area contributed by atoms with Gasteiger partial charge in [0.25, 0.3) is 0 Å². The quantitative estimate of drug-likeness (QED) is 0.814. The van der Waals surface area contributed by atoms with Crippen LogP contribution >= 0.6 is 0 Å². The summed E-state index contributed by atoms with van der Waals surface area (Å²) in [5, 5.41) is 3.44. The predicted octanol–water partition coefficient (Wildman–Crippen LogP) is 4.28. The Bertz CT molecular complexity index is 439. The number of nitrogens with zero attached hydrogens (tertiary/aromatic N) is 2. The fraction of sp³-hybridized carbons (Fsp3) is 0.765. The van der Waals surface area contributed by atoms with Crippen LogP contribution in [0.1, 0.15) is 59.8 Å². The van der Waals surface area contributed by atoms with Gasteiger partial charge in [0.15, 0.2) is 0 Å². The molecule has 0 unspecified atom stereocenters. The third-order valence-corrected chi connectivity index (χ3v) is 4.11. The van der Waals surface area contributed by atoms with E-state index in [0.717, 1.165) is 12.5 Å². The van der Waals surface area contributed by atoms with E-state index in [4.69, 9.17) is 4.74 Å². The van der Waals surface area contributed by atoms with Crippen molar-refractivity contribution in [1.82, 2.24) is 9.97 Å². The summed E-state index contributed by atoms with van der Waals surface area (Å²) in [4.78, 5) is 8.76. The van der Waals surface area contributed by atoms with E-state index in [1.54, 1.807) is 6.20 Å². The molecule has 0 saturated heterocycles. The molecule has 1 aromatic heterocycles. The highest BCUT2D eigenvalue weighted by Crippen LogP contribution is 2.43. The van der Waals surface area contributed by atoms with E-state index >= 15 is 0 Å². The van der Waals surface area contributed by atoms with Crippen LogP contribution in [0.4, 0.5) is 5.95 Å². The number of rotatable bonds is 7. The first-order valence-electron chi connectivity index (χ1n) is 8.23. The second kappa shape index (κ2) is 7.10. The lowest BCUT2D eigenvalue weighted by molar-refractivity contribution is 0.232. The van der Waals surface area contributed by atoms with Crippen molar-refractivity contribution in [2.24, 2.45) is 11.3 Å². The fourth-order valence-corrected chi connectivity index (χ4v) is 3.45. The number of anilines is 1. The second-order valence-electron chi connectivity index (χ2n) is 7.04. The Balaban J connectivity index is 1.97. The van der Waals surface area contributed by atoms with Gasteiger partial charge in [-0.2, -0.15) is 4.98 Å². The zero-order valence-electron chi connectivity index (χ0n) is 13.9. The van der Waals surface area contributed by atoms with Gasteiger partial charge in [0.2, 0.25) is 11.8 Å². The number of hydrogen-bond acceptors (Lipinski definition) is 4. The van der Waals surface area contributed by atoms with Gasteiger partial charge in [-0.15, -0.1) is 0 Å². The van der Waals surface area contributed by atoms with Crippen LogP contribution in [0.5, 0.6) is 5.88 Å². The van der Waals surface area contributed by atoms with Crippen LogP contribution in [0.2, 0.25) is 0 Å². The molecule has 4 heteroatoms. The van der Waals surface area contributed by atoms with Gasteiger partial charge in [-0.25, -0.2) is 4.98 Å². The van der Waals surface area contributed by atoms with Gasteiger partial charge in [-0.3, -0.25) is 0 Å². The van der Waals surface area contributed by atoms with Gasteiger partial charge in [-0.1, -0.05) is 26.7 Å². The van der Waals surface area contributed by atoms with Gasteiger partial charge in [0.05, 0.1) is 6.10 Å². The number of hydrogen-bond donors (Lipinski definition) is 1. The highest BCUT2D eigenvalue weighted by molar-refractivity contribution is 5.28. The summed E-state index contributed by atoms with van der Waals surface area (Å²) < 4.78 is 5.63. The van der Waals surface area contributed by atoms with Crippen molar-refractivity contribution < 1.29 is 4.74 Å². The molecule has 0 radical (unpaired) electrons. The summed E-state index contributed by atoms with van der Waals surface area (Å²) in [6, 6.07) is 1.81.